The third kappa shape index (κ3) is 4.68. The summed E-state index contributed by atoms with van der Waals surface area (Å²) in [5.41, 5.74) is 0.966. The molecule has 1 aliphatic heterocycles. The SMILES string of the molecule is CC(=O)OC[C@H]1O[C@H](c2ccc(Br)cc2)C=C[C@@H]1OC(C)=O. The normalized spacial score (nSPS) is 23.9. The molecule has 0 spiro atoms. The smallest absolute Gasteiger partial charge is 0.303 e. The molecule has 0 aliphatic carbocycles. The molecule has 6 heteroatoms. The summed E-state index contributed by atoms with van der Waals surface area (Å²) in [4.78, 5) is 22.2. The lowest BCUT2D eigenvalue weighted by Crippen LogP contribution is -2.39. The van der Waals surface area contributed by atoms with Crippen molar-refractivity contribution in [2.24, 2.45) is 0 Å². The van der Waals surface area contributed by atoms with Crippen LogP contribution in [0.2, 0.25) is 0 Å². The van der Waals surface area contributed by atoms with Crippen molar-refractivity contribution in [3.63, 3.8) is 0 Å². The third-order valence-electron chi connectivity index (χ3n) is 3.11. The Labute approximate surface area is 137 Å². The largest absolute Gasteiger partial charge is 0.463 e. The first kappa shape index (κ1) is 16.7. The van der Waals surface area contributed by atoms with E-state index < -0.39 is 24.1 Å². The fourth-order valence-corrected chi connectivity index (χ4v) is 2.39. The average molecular weight is 369 g/mol. The van der Waals surface area contributed by atoms with Gasteiger partial charge in [0, 0.05) is 18.3 Å². The molecule has 2 rings (SSSR count). The van der Waals surface area contributed by atoms with Crippen LogP contribution in [0.15, 0.2) is 40.9 Å². The van der Waals surface area contributed by atoms with Gasteiger partial charge in [-0.25, -0.2) is 0 Å². The molecule has 0 radical (unpaired) electrons. The molecule has 0 saturated heterocycles. The quantitative estimate of drug-likeness (QED) is 0.603. The maximum atomic E-state index is 11.2. The summed E-state index contributed by atoms with van der Waals surface area (Å²) in [5.74, 6) is -0.812. The van der Waals surface area contributed by atoms with Crippen LogP contribution in [0, 0.1) is 0 Å². The molecule has 5 nitrogen and oxygen atoms in total. The van der Waals surface area contributed by atoms with E-state index in [0.29, 0.717) is 0 Å². The van der Waals surface area contributed by atoms with Gasteiger partial charge in [-0.3, -0.25) is 9.59 Å². The first-order chi connectivity index (χ1) is 10.5. The summed E-state index contributed by atoms with van der Waals surface area (Å²) in [6.07, 6.45) is 2.22. The lowest BCUT2D eigenvalue weighted by molar-refractivity contribution is -0.163. The van der Waals surface area contributed by atoms with Crippen molar-refractivity contribution in [2.45, 2.75) is 32.2 Å². The predicted molar refractivity (Wildman–Crippen MR) is 83.1 cm³/mol. The fraction of sp³-hybridized carbons (Fsp3) is 0.375. The Morgan fingerprint density at radius 3 is 2.41 bits per heavy atom. The van der Waals surface area contributed by atoms with E-state index >= 15 is 0 Å². The molecular weight excluding hydrogens is 352 g/mol. The second-order valence-electron chi connectivity index (χ2n) is 4.91. The minimum absolute atomic E-state index is 0.0324. The zero-order chi connectivity index (χ0) is 16.1. The van der Waals surface area contributed by atoms with E-state index in [1.807, 2.05) is 30.3 Å². The predicted octanol–water partition coefficient (Wildman–Crippen LogP) is 2.94. The molecule has 22 heavy (non-hydrogen) atoms. The van der Waals surface area contributed by atoms with E-state index in [1.165, 1.54) is 13.8 Å². The average Bonchev–Trinajstić information content (AvgIpc) is 2.46. The van der Waals surface area contributed by atoms with Crippen molar-refractivity contribution in [3.05, 3.63) is 46.5 Å². The van der Waals surface area contributed by atoms with Gasteiger partial charge in [-0.15, -0.1) is 0 Å². The van der Waals surface area contributed by atoms with Crippen LogP contribution in [-0.4, -0.2) is 30.8 Å². The van der Waals surface area contributed by atoms with Crippen LogP contribution in [0.3, 0.4) is 0 Å². The van der Waals surface area contributed by atoms with E-state index in [-0.39, 0.29) is 12.7 Å². The van der Waals surface area contributed by atoms with Crippen molar-refractivity contribution in [3.8, 4) is 0 Å². The van der Waals surface area contributed by atoms with Gasteiger partial charge in [-0.1, -0.05) is 34.1 Å². The number of benzene rings is 1. The lowest BCUT2D eigenvalue weighted by atomic mass is 10.0. The highest BCUT2D eigenvalue weighted by Crippen LogP contribution is 2.28. The van der Waals surface area contributed by atoms with Crippen LogP contribution in [-0.2, 0) is 23.8 Å². The van der Waals surface area contributed by atoms with Crippen molar-refractivity contribution in [1.29, 1.82) is 0 Å². The number of carbonyl (C=O) groups excluding carboxylic acids is 2. The lowest BCUT2D eigenvalue weighted by Gasteiger charge is -2.31. The first-order valence-electron chi connectivity index (χ1n) is 6.85. The monoisotopic (exact) mass is 368 g/mol. The summed E-state index contributed by atoms with van der Waals surface area (Å²) in [7, 11) is 0. The highest BCUT2D eigenvalue weighted by molar-refractivity contribution is 9.10. The molecular formula is C16H17BrO5. The van der Waals surface area contributed by atoms with Crippen molar-refractivity contribution in [2.75, 3.05) is 6.61 Å². The van der Waals surface area contributed by atoms with Gasteiger partial charge >= 0.3 is 11.9 Å². The molecule has 0 unspecified atom stereocenters. The number of halogens is 1. The van der Waals surface area contributed by atoms with Gasteiger partial charge in [0.15, 0.2) is 0 Å². The van der Waals surface area contributed by atoms with Gasteiger partial charge in [0.25, 0.3) is 0 Å². The molecule has 1 aliphatic rings. The van der Waals surface area contributed by atoms with Crippen molar-refractivity contribution in [1.82, 2.24) is 0 Å². The Morgan fingerprint density at radius 1 is 1.14 bits per heavy atom. The third-order valence-corrected chi connectivity index (χ3v) is 3.64. The summed E-state index contributed by atoms with van der Waals surface area (Å²) < 4.78 is 17.1. The number of hydrogen-bond donors (Lipinski definition) is 0. The minimum Gasteiger partial charge on any atom is -0.463 e. The molecule has 3 atom stereocenters. The highest BCUT2D eigenvalue weighted by Gasteiger charge is 2.31. The number of ether oxygens (including phenoxy) is 3. The van der Waals surface area contributed by atoms with Crippen molar-refractivity contribution < 1.29 is 23.8 Å². The van der Waals surface area contributed by atoms with E-state index in [0.717, 1.165) is 10.0 Å². The van der Waals surface area contributed by atoms with E-state index in [9.17, 15) is 9.59 Å². The van der Waals surface area contributed by atoms with Crippen LogP contribution in [0.5, 0.6) is 0 Å². The Morgan fingerprint density at radius 2 is 1.82 bits per heavy atom. The van der Waals surface area contributed by atoms with Crippen LogP contribution in [0.25, 0.3) is 0 Å². The van der Waals surface area contributed by atoms with Crippen LogP contribution >= 0.6 is 15.9 Å². The van der Waals surface area contributed by atoms with Gasteiger partial charge in [-0.05, 0) is 23.8 Å². The van der Waals surface area contributed by atoms with E-state index in [1.54, 1.807) is 6.08 Å². The first-order valence-corrected chi connectivity index (χ1v) is 7.65. The molecule has 0 amide bonds. The fourth-order valence-electron chi connectivity index (χ4n) is 2.13. The van der Waals surface area contributed by atoms with Gasteiger partial charge in [0.05, 0.1) is 0 Å². The molecule has 118 valence electrons. The molecule has 0 aromatic heterocycles. The van der Waals surface area contributed by atoms with Gasteiger partial charge in [0.2, 0.25) is 0 Å². The second kappa shape index (κ2) is 7.56. The van der Waals surface area contributed by atoms with Crippen LogP contribution in [0.4, 0.5) is 0 Å². The van der Waals surface area contributed by atoms with Gasteiger partial charge < -0.3 is 14.2 Å². The van der Waals surface area contributed by atoms with E-state index in [4.69, 9.17) is 14.2 Å². The number of esters is 2. The summed E-state index contributed by atoms with van der Waals surface area (Å²) in [6, 6.07) is 7.72. The molecule has 1 aromatic rings. The topological polar surface area (TPSA) is 61.8 Å². The molecule has 0 fully saturated rings. The Kier molecular flexibility index (Phi) is 5.74. The number of hydrogen-bond acceptors (Lipinski definition) is 5. The maximum Gasteiger partial charge on any atom is 0.303 e. The van der Waals surface area contributed by atoms with Gasteiger partial charge in [-0.2, -0.15) is 0 Å². The van der Waals surface area contributed by atoms with Crippen LogP contribution in [0.1, 0.15) is 25.5 Å². The molecule has 1 aromatic carbocycles. The summed E-state index contributed by atoms with van der Waals surface area (Å²) in [5, 5.41) is 0. The Balaban J connectivity index is 2.13. The molecule has 1 heterocycles. The zero-order valence-electron chi connectivity index (χ0n) is 12.3. The molecule has 0 N–H and O–H groups in total. The summed E-state index contributed by atoms with van der Waals surface area (Å²) in [6.45, 7) is 2.69. The Hall–Kier alpha value is -1.66. The van der Waals surface area contributed by atoms with Gasteiger partial charge in [0.1, 0.15) is 24.9 Å². The highest BCUT2D eigenvalue weighted by atomic mass is 79.9. The maximum absolute atomic E-state index is 11.2. The van der Waals surface area contributed by atoms with E-state index in [2.05, 4.69) is 15.9 Å². The number of carbonyl (C=O) groups is 2. The summed E-state index contributed by atoms with van der Waals surface area (Å²) >= 11 is 3.39. The van der Waals surface area contributed by atoms with Crippen molar-refractivity contribution >= 4 is 27.9 Å². The standard InChI is InChI=1S/C16H17BrO5/c1-10(18)20-9-16-15(21-11(2)19)8-7-14(22-16)12-3-5-13(17)6-4-12/h3-8,14-16H,9H2,1-2H3/t14-,15-,16+/m0/s1. The Bertz CT molecular complexity index is 566. The minimum atomic E-state index is -0.566. The zero-order valence-corrected chi connectivity index (χ0v) is 13.9. The second-order valence-corrected chi connectivity index (χ2v) is 5.82. The number of rotatable bonds is 4. The molecule has 0 saturated carbocycles. The molecule has 0 bridgehead atoms. The van der Waals surface area contributed by atoms with Crippen LogP contribution < -0.4 is 0 Å².